The summed E-state index contributed by atoms with van der Waals surface area (Å²) in [4.78, 5) is 10.5. The second kappa shape index (κ2) is 3.59. The molecule has 0 spiro atoms. The number of ether oxygens (including phenoxy) is 1. The van der Waals surface area contributed by atoms with Crippen molar-refractivity contribution in [3.63, 3.8) is 0 Å². The Bertz CT molecular complexity index is 308. The van der Waals surface area contributed by atoms with Crippen LogP contribution in [0.15, 0.2) is 12.1 Å². The molecule has 0 bridgehead atoms. The van der Waals surface area contributed by atoms with Crippen molar-refractivity contribution in [1.82, 2.24) is 0 Å². The third-order valence-electron chi connectivity index (χ3n) is 1.64. The first kappa shape index (κ1) is 9.07. The summed E-state index contributed by atoms with van der Waals surface area (Å²) in [6, 6.07) is 3.34. The van der Waals surface area contributed by atoms with Gasteiger partial charge in [0, 0.05) is 5.02 Å². The van der Waals surface area contributed by atoms with Crippen LogP contribution in [0.1, 0.15) is 15.9 Å². The Kier molecular flexibility index (Phi) is 2.71. The monoisotopic (exact) mass is 184 g/mol. The Morgan fingerprint density at radius 3 is 2.67 bits per heavy atom. The first-order chi connectivity index (χ1) is 5.69. The molecule has 12 heavy (non-hydrogen) atoms. The van der Waals surface area contributed by atoms with E-state index >= 15 is 0 Å². The maximum absolute atomic E-state index is 10.5. The second-order valence-electron chi connectivity index (χ2n) is 2.46. The summed E-state index contributed by atoms with van der Waals surface area (Å²) < 4.78 is 4.98. The number of halogens is 1. The van der Waals surface area contributed by atoms with E-state index in [0.717, 1.165) is 11.8 Å². The molecule has 0 aromatic heterocycles. The number of carbonyl (C=O) groups excluding carboxylic acids is 1. The van der Waals surface area contributed by atoms with Crippen molar-refractivity contribution in [2.75, 3.05) is 7.11 Å². The van der Waals surface area contributed by atoms with Crippen LogP contribution in [0.3, 0.4) is 0 Å². The minimum absolute atomic E-state index is 0.480. The van der Waals surface area contributed by atoms with Crippen LogP contribution in [-0.4, -0.2) is 13.4 Å². The van der Waals surface area contributed by atoms with Crippen LogP contribution >= 0.6 is 11.6 Å². The Morgan fingerprint density at radius 1 is 1.50 bits per heavy atom. The molecule has 0 atom stereocenters. The quantitative estimate of drug-likeness (QED) is 0.660. The number of benzene rings is 1. The van der Waals surface area contributed by atoms with E-state index in [2.05, 4.69) is 0 Å². The van der Waals surface area contributed by atoms with Crippen molar-refractivity contribution < 1.29 is 9.53 Å². The van der Waals surface area contributed by atoms with E-state index in [-0.39, 0.29) is 0 Å². The second-order valence-corrected chi connectivity index (χ2v) is 2.87. The van der Waals surface area contributed by atoms with Crippen molar-refractivity contribution in [3.05, 3.63) is 28.3 Å². The fourth-order valence-electron chi connectivity index (χ4n) is 0.939. The van der Waals surface area contributed by atoms with Gasteiger partial charge in [0.2, 0.25) is 0 Å². The Hall–Kier alpha value is -1.02. The van der Waals surface area contributed by atoms with E-state index in [1.165, 1.54) is 7.11 Å². The van der Waals surface area contributed by atoms with Gasteiger partial charge in [-0.1, -0.05) is 11.6 Å². The molecule has 1 aromatic rings. The molecule has 0 saturated heterocycles. The maximum atomic E-state index is 10.5. The van der Waals surface area contributed by atoms with E-state index in [1.807, 2.05) is 6.92 Å². The minimum atomic E-state index is 0.480. The Labute approximate surface area is 76.1 Å². The van der Waals surface area contributed by atoms with E-state index in [1.54, 1.807) is 12.1 Å². The van der Waals surface area contributed by atoms with E-state index in [4.69, 9.17) is 16.3 Å². The van der Waals surface area contributed by atoms with Crippen molar-refractivity contribution in [1.29, 1.82) is 0 Å². The van der Waals surface area contributed by atoms with Gasteiger partial charge in [-0.15, -0.1) is 0 Å². The first-order valence-electron chi connectivity index (χ1n) is 3.48. The normalized spacial score (nSPS) is 9.58. The summed E-state index contributed by atoms with van der Waals surface area (Å²) in [6.45, 7) is 1.86. The van der Waals surface area contributed by atoms with E-state index < -0.39 is 0 Å². The summed E-state index contributed by atoms with van der Waals surface area (Å²) in [5.41, 5.74) is 1.38. The topological polar surface area (TPSA) is 26.3 Å². The predicted molar refractivity (Wildman–Crippen MR) is 48.1 cm³/mol. The summed E-state index contributed by atoms with van der Waals surface area (Å²) in [5.74, 6) is 0.562. The van der Waals surface area contributed by atoms with Crippen molar-refractivity contribution >= 4 is 17.9 Å². The number of methoxy groups -OCH3 is 1. The average molecular weight is 185 g/mol. The van der Waals surface area contributed by atoms with Gasteiger partial charge in [-0.25, -0.2) is 0 Å². The highest BCUT2D eigenvalue weighted by molar-refractivity contribution is 6.31. The van der Waals surface area contributed by atoms with Gasteiger partial charge in [-0.3, -0.25) is 4.79 Å². The van der Waals surface area contributed by atoms with Gasteiger partial charge in [0.05, 0.1) is 12.7 Å². The Morgan fingerprint density at radius 2 is 2.17 bits per heavy atom. The largest absolute Gasteiger partial charge is 0.496 e. The van der Waals surface area contributed by atoms with Gasteiger partial charge in [0.25, 0.3) is 0 Å². The van der Waals surface area contributed by atoms with Crippen LogP contribution in [0.4, 0.5) is 0 Å². The highest BCUT2D eigenvalue weighted by Gasteiger charge is 2.04. The number of aryl methyl sites for hydroxylation is 1. The van der Waals surface area contributed by atoms with Gasteiger partial charge in [0.1, 0.15) is 5.75 Å². The Balaban J connectivity index is 3.28. The van der Waals surface area contributed by atoms with E-state index in [9.17, 15) is 4.79 Å². The first-order valence-corrected chi connectivity index (χ1v) is 3.86. The predicted octanol–water partition coefficient (Wildman–Crippen LogP) is 2.47. The molecule has 0 aliphatic heterocycles. The molecule has 1 rings (SSSR count). The number of rotatable bonds is 2. The molecule has 0 N–H and O–H groups in total. The molecule has 0 radical (unpaired) electrons. The maximum Gasteiger partial charge on any atom is 0.153 e. The summed E-state index contributed by atoms with van der Waals surface area (Å²) in [5, 5.41) is 0.581. The molecular formula is C9H9ClO2. The van der Waals surface area contributed by atoms with Gasteiger partial charge in [-0.2, -0.15) is 0 Å². The SMILES string of the molecule is COc1cc(C)c(Cl)cc1C=O. The van der Waals surface area contributed by atoms with Crippen molar-refractivity contribution in [2.45, 2.75) is 6.92 Å². The van der Waals surface area contributed by atoms with Crippen LogP contribution in [0.2, 0.25) is 5.02 Å². The molecule has 64 valence electrons. The van der Waals surface area contributed by atoms with Crippen LogP contribution in [0.25, 0.3) is 0 Å². The fourth-order valence-corrected chi connectivity index (χ4v) is 1.11. The minimum Gasteiger partial charge on any atom is -0.496 e. The highest BCUT2D eigenvalue weighted by atomic mass is 35.5. The van der Waals surface area contributed by atoms with Crippen molar-refractivity contribution in [3.8, 4) is 5.75 Å². The van der Waals surface area contributed by atoms with Gasteiger partial charge in [0.15, 0.2) is 6.29 Å². The lowest BCUT2D eigenvalue weighted by Gasteiger charge is -2.05. The van der Waals surface area contributed by atoms with Crippen LogP contribution < -0.4 is 4.74 Å². The molecule has 0 aliphatic carbocycles. The lowest BCUT2D eigenvalue weighted by atomic mass is 10.1. The molecule has 0 heterocycles. The number of hydrogen-bond donors (Lipinski definition) is 0. The smallest absolute Gasteiger partial charge is 0.153 e. The number of carbonyl (C=O) groups is 1. The molecular weight excluding hydrogens is 176 g/mol. The number of hydrogen-bond acceptors (Lipinski definition) is 2. The highest BCUT2D eigenvalue weighted by Crippen LogP contribution is 2.24. The van der Waals surface area contributed by atoms with Gasteiger partial charge >= 0.3 is 0 Å². The summed E-state index contributed by atoms with van der Waals surface area (Å²) in [7, 11) is 1.52. The molecule has 3 heteroatoms. The zero-order valence-electron chi connectivity index (χ0n) is 6.93. The lowest BCUT2D eigenvalue weighted by Crippen LogP contribution is -1.91. The lowest BCUT2D eigenvalue weighted by molar-refractivity contribution is 0.112. The molecule has 1 aromatic carbocycles. The zero-order valence-corrected chi connectivity index (χ0v) is 7.68. The molecule has 0 saturated carbocycles. The molecule has 2 nitrogen and oxygen atoms in total. The van der Waals surface area contributed by atoms with Gasteiger partial charge in [-0.05, 0) is 24.6 Å². The molecule has 0 amide bonds. The van der Waals surface area contributed by atoms with Crippen LogP contribution in [-0.2, 0) is 0 Å². The fraction of sp³-hybridized carbons (Fsp3) is 0.222. The van der Waals surface area contributed by atoms with Crippen LogP contribution in [0, 0.1) is 6.92 Å². The third kappa shape index (κ3) is 1.59. The average Bonchev–Trinajstić information content (AvgIpc) is 2.09. The molecule has 0 aliphatic rings. The third-order valence-corrected chi connectivity index (χ3v) is 2.05. The molecule has 0 fully saturated rings. The number of aldehydes is 1. The summed E-state index contributed by atoms with van der Waals surface area (Å²) >= 11 is 5.81. The zero-order chi connectivity index (χ0) is 9.14. The van der Waals surface area contributed by atoms with Crippen LogP contribution in [0.5, 0.6) is 5.75 Å². The van der Waals surface area contributed by atoms with E-state index in [0.29, 0.717) is 16.3 Å². The standard InChI is InChI=1S/C9H9ClO2/c1-6-3-9(12-2)7(5-11)4-8(6)10/h3-5H,1-2H3. The van der Waals surface area contributed by atoms with Crippen molar-refractivity contribution in [2.24, 2.45) is 0 Å². The summed E-state index contributed by atoms with van der Waals surface area (Å²) in [6.07, 6.45) is 0.726. The van der Waals surface area contributed by atoms with Gasteiger partial charge < -0.3 is 4.74 Å². The molecule has 0 unspecified atom stereocenters.